The van der Waals surface area contributed by atoms with Gasteiger partial charge in [0.1, 0.15) is 5.82 Å². The Morgan fingerprint density at radius 3 is 2.62 bits per heavy atom. The maximum atomic E-state index is 12.0. The number of hydrogen-bond acceptors (Lipinski definition) is 3. The van der Waals surface area contributed by atoms with Gasteiger partial charge in [0.2, 0.25) is 5.91 Å². The van der Waals surface area contributed by atoms with Gasteiger partial charge >= 0.3 is 0 Å². The predicted molar refractivity (Wildman–Crippen MR) is 81.1 cm³/mol. The molecule has 0 radical (unpaired) electrons. The van der Waals surface area contributed by atoms with Gasteiger partial charge in [-0.05, 0) is 43.2 Å². The van der Waals surface area contributed by atoms with E-state index in [4.69, 9.17) is 0 Å². The number of aromatic nitrogens is 1. The maximum Gasteiger partial charge on any atom is 0.251 e. The molecule has 2 rings (SSSR count). The van der Waals surface area contributed by atoms with Crippen molar-refractivity contribution < 1.29 is 9.59 Å². The highest BCUT2D eigenvalue weighted by Gasteiger charge is 2.10. The number of pyridine rings is 1. The first-order chi connectivity index (χ1) is 10.1. The van der Waals surface area contributed by atoms with Crippen molar-refractivity contribution in [1.82, 2.24) is 10.3 Å². The number of aryl methyl sites for hydroxylation is 2. The van der Waals surface area contributed by atoms with E-state index < -0.39 is 0 Å². The summed E-state index contributed by atoms with van der Waals surface area (Å²) in [6, 6.07) is 10.8. The van der Waals surface area contributed by atoms with Gasteiger partial charge in [-0.2, -0.15) is 0 Å². The summed E-state index contributed by atoms with van der Waals surface area (Å²) in [5.41, 5.74) is 2.44. The molecule has 0 unspecified atom stereocenters. The Bertz CT molecular complexity index is 668. The van der Waals surface area contributed by atoms with E-state index >= 15 is 0 Å². The number of carbonyl (C=O) groups excluding carboxylic acids is 2. The van der Waals surface area contributed by atoms with Gasteiger partial charge < -0.3 is 10.6 Å². The summed E-state index contributed by atoms with van der Waals surface area (Å²) in [6.07, 6.45) is 1.62. The zero-order chi connectivity index (χ0) is 15.2. The van der Waals surface area contributed by atoms with E-state index in [0.29, 0.717) is 11.4 Å². The molecule has 2 aromatic rings. The number of nitrogens with zero attached hydrogens (tertiary/aromatic N) is 1. The summed E-state index contributed by atoms with van der Waals surface area (Å²) in [6.45, 7) is 3.67. The molecule has 0 fully saturated rings. The van der Waals surface area contributed by atoms with Gasteiger partial charge in [0, 0.05) is 11.8 Å². The van der Waals surface area contributed by atoms with Crippen LogP contribution in [0, 0.1) is 13.8 Å². The van der Waals surface area contributed by atoms with Crippen LogP contribution in [0.5, 0.6) is 0 Å². The van der Waals surface area contributed by atoms with E-state index in [0.717, 1.165) is 11.1 Å². The standard InChI is InChI=1S/C16H17N3O2/c1-11-7-8-17-14(9-11)19-15(20)10-18-16(21)13-6-4-3-5-12(13)2/h3-9H,10H2,1-2H3,(H,18,21)(H,17,19,20). The third kappa shape index (κ3) is 4.14. The molecule has 0 aliphatic rings. The summed E-state index contributed by atoms with van der Waals surface area (Å²) < 4.78 is 0. The van der Waals surface area contributed by atoms with Gasteiger partial charge in [-0.25, -0.2) is 4.98 Å². The fraction of sp³-hybridized carbons (Fsp3) is 0.188. The fourth-order valence-electron chi connectivity index (χ4n) is 1.88. The van der Waals surface area contributed by atoms with Crippen molar-refractivity contribution in [2.45, 2.75) is 13.8 Å². The van der Waals surface area contributed by atoms with Gasteiger partial charge in [0.05, 0.1) is 6.54 Å². The van der Waals surface area contributed by atoms with Crippen molar-refractivity contribution >= 4 is 17.6 Å². The first kappa shape index (κ1) is 14.7. The Kier molecular flexibility index (Phi) is 4.66. The molecule has 1 aromatic heterocycles. The molecule has 2 amide bonds. The van der Waals surface area contributed by atoms with Crippen molar-refractivity contribution in [3.8, 4) is 0 Å². The normalized spacial score (nSPS) is 10.0. The van der Waals surface area contributed by atoms with Crippen LogP contribution in [0.15, 0.2) is 42.6 Å². The zero-order valence-electron chi connectivity index (χ0n) is 12.0. The van der Waals surface area contributed by atoms with Crippen LogP contribution in [0.3, 0.4) is 0 Å². The van der Waals surface area contributed by atoms with E-state index in [1.807, 2.05) is 32.0 Å². The number of nitrogens with one attached hydrogen (secondary N) is 2. The lowest BCUT2D eigenvalue weighted by Crippen LogP contribution is -2.33. The van der Waals surface area contributed by atoms with E-state index in [2.05, 4.69) is 15.6 Å². The van der Waals surface area contributed by atoms with Crippen molar-refractivity contribution in [3.63, 3.8) is 0 Å². The second-order valence-corrected chi connectivity index (χ2v) is 4.76. The van der Waals surface area contributed by atoms with Crippen molar-refractivity contribution in [3.05, 3.63) is 59.3 Å². The summed E-state index contributed by atoms with van der Waals surface area (Å²) in [7, 11) is 0. The lowest BCUT2D eigenvalue weighted by molar-refractivity contribution is -0.115. The smallest absolute Gasteiger partial charge is 0.251 e. The molecule has 0 aliphatic heterocycles. The summed E-state index contributed by atoms with van der Waals surface area (Å²) >= 11 is 0. The molecule has 2 N–H and O–H groups in total. The molecule has 0 saturated carbocycles. The zero-order valence-corrected chi connectivity index (χ0v) is 12.0. The average molecular weight is 283 g/mol. The number of carbonyl (C=O) groups is 2. The Labute approximate surface area is 123 Å². The van der Waals surface area contributed by atoms with Gasteiger partial charge in [-0.15, -0.1) is 0 Å². The lowest BCUT2D eigenvalue weighted by atomic mass is 10.1. The number of hydrogen-bond donors (Lipinski definition) is 2. The molecule has 0 atom stereocenters. The third-order valence-electron chi connectivity index (χ3n) is 2.98. The predicted octanol–water partition coefficient (Wildman–Crippen LogP) is 2.07. The van der Waals surface area contributed by atoms with Gasteiger partial charge in [0.25, 0.3) is 5.91 Å². The molecular weight excluding hydrogens is 266 g/mol. The van der Waals surface area contributed by atoms with E-state index in [-0.39, 0.29) is 18.4 Å². The monoisotopic (exact) mass is 283 g/mol. The topological polar surface area (TPSA) is 71.1 Å². The highest BCUT2D eigenvalue weighted by Crippen LogP contribution is 2.07. The number of rotatable bonds is 4. The molecule has 0 saturated heterocycles. The third-order valence-corrected chi connectivity index (χ3v) is 2.98. The molecular formula is C16H17N3O2. The van der Waals surface area contributed by atoms with Crippen LogP contribution < -0.4 is 10.6 Å². The van der Waals surface area contributed by atoms with Gasteiger partial charge in [-0.3, -0.25) is 9.59 Å². The van der Waals surface area contributed by atoms with Crippen LogP contribution in [0.25, 0.3) is 0 Å². The molecule has 5 nitrogen and oxygen atoms in total. The molecule has 21 heavy (non-hydrogen) atoms. The first-order valence-electron chi connectivity index (χ1n) is 6.62. The first-order valence-corrected chi connectivity index (χ1v) is 6.62. The lowest BCUT2D eigenvalue weighted by Gasteiger charge is -2.08. The highest BCUT2D eigenvalue weighted by atomic mass is 16.2. The van der Waals surface area contributed by atoms with Crippen LogP contribution in [0.4, 0.5) is 5.82 Å². The average Bonchev–Trinajstić information content (AvgIpc) is 2.45. The second-order valence-electron chi connectivity index (χ2n) is 4.76. The quantitative estimate of drug-likeness (QED) is 0.902. The van der Waals surface area contributed by atoms with Crippen molar-refractivity contribution in [1.29, 1.82) is 0 Å². The van der Waals surface area contributed by atoms with Crippen LogP contribution in [-0.2, 0) is 4.79 Å². The summed E-state index contributed by atoms with van der Waals surface area (Å²) in [4.78, 5) is 27.8. The minimum absolute atomic E-state index is 0.0945. The van der Waals surface area contributed by atoms with Gasteiger partial charge in [-0.1, -0.05) is 18.2 Å². The van der Waals surface area contributed by atoms with Gasteiger partial charge in [0.15, 0.2) is 0 Å². The largest absolute Gasteiger partial charge is 0.343 e. The molecule has 0 aliphatic carbocycles. The van der Waals surface area contributed by atoms with Crippen molar-refractivity contribution in [2.75, 3.05) is 11.9 Å². The minimum atomic E-state index is -0.310. The van der Waals surface area contributed by atoms with Crippen molar-refractivity contribution in [2.24, 2.45) is 0 Å². The number of benzene rings is 1. The Morgan fingerprint density at radius 1 is 1.14 bits per heavy atom. The molecule has 108 valence electrons. The minimum Gasteiger partial charge on any atom is -0.343 e. The SMILES string of the molecule is Cc1ccnc(NC(=O)CNC(=O)c2ccccc2C)c1. The molecule has 5 heteroatoms. The van der Waals surface area contributed by atoms with E-state index in [1.54, 1.807) is 24.4 Å². The summed E-state index contributed by atoms with van der Waals surface area (Å²) in [5, 5.41) is 5.24. The Balaban J connectivity index is 1.90. The molecule has 1 aromatic carbocycles. The Hall–Kier alpha value is -2.69. The highest BCUT2D eigenvalue weighted by molar-refractivity contribution is 5.99. The molecule has 0 bridgehead atoms. The fourth-order valence-corrected chi connectivity index (χ4v) is 1.88. The number of anilines is 1. The van der Waals surface area contributed by atoms with Crippen LogP contribution in [0.1, 0.15) is 21.5 Å². The van der Waals surface area contributed by atoms with Crippen LogP contribution >= 0.6 is 0 Å². The van der Waals surface area contributed by atoms with E-state index in [9.17, 15) is 9.59 Å². The molecule has 1 heterocycles. The number of amides is 2. The molecule has 0 spiro atoms. The Morgan fingerprint density at radius 2 is 1.90 bits per heavy atom. The van der Waals surface area contributed by atoms with Crippen LogP contribution in [0.2, 0.25) is 0 Å². The summed E-state index contributed by atoms with van der Waals surface area (Å²) in [5.74, 6) is -0.0966. The maximum absolute atomic E-state index is 12.0. The van der Waals surface area contributed by atoms with E-state index in [1.165, 1.54) is 0 Å². The second kappa shape index (κ2) is 6.65. The van der Waals surface area contributed by atoms with Crippen LogP contribution in [-0.4, -0.2) is 23.3 Å².